The van der Waals surface area contributed by atoms with Crippen LogP contribution in [0.1, 0.15) is 168 Å². The number of phosphoric ester groups is 1. The molecular weight excluding hydrogens is 792 g/mol. The zero-order chi connectivity index (χ0) is 45.7. The second kappa shape index (κ2) is 43.4. The van der Waals surface area contributed by atoms with Crippen LogP contribution in [0, 0.1) is 0 Å². The second-order valence-corrected chi connectivity index (χ2v) is 18.6. The minimum Gasteiger partial charge on any atom is -0.387 e. The molecule has 0 radical (unpaired) electrons. The van der Waals surface area contributed by atoms with Crippen LogP contribution in [0.4, 0.5) is 0 Å². The Bertz CT molecular complexity index is 1370. The SMILES string of the molecule is CC/C=C\C/C=C\C/C=C\C/C=C\C/C=C\C/C=C\C/C=C\C/C=C\CCCCCCC(=O)NC(COP(=O)(O)OCC[N+](C)(C)C)C(O)/C=C/CCCCCCCCCCC. The number of unbranched alkanes of at least 4 members (excludes halogenated alkanes) is 13. The summed E-state index contributed by atoms with van der Waals surface area (Å²) in [4.78, 5) is 23.1. The maximum atomic E-state index is 12.9. The first-order valence-electron chi connectivity index (χ1n) is 24.3. The van der Waals surface area contributed by atoms with Crippen molar-refractivity contribution in [1.29, 1.82) is 0 Å². The lowest BCUT2D eigenvalue weighted by Crippen LogP contribution is -2.45. The lowest BCUT2D eigenvalue weighted by atomic mass is 10.1. The van der Waals surface area contributed by atoms with Gasteiger partial charge in [-0.05, 0) is 83.5 Å². The van der Waals surface area contributed by atoms with E-state index in [0.29, 0.717) is 17.4 Å². The molecular formula is C53H92N2O6P+. The van der Waals surface area contributed by atoms with Gasteiger partial charge in [0.15, 0.2) is 0 Å². The van der Waals surface area contributed by atoms with Gasteiger partial charge in [-0.25, -0.2) is 4.57 Å². The number of phosphoric acid groups is 1. The number of nitrogens with zero attached hydrogens (tertiary/aromatic N) is 1. The van der Waals surface area contributed by atoms with E-state index in [4.69, 9.17) is 9.05 Å². The van der Waals surface area contributed by atoms with E-state index in [-0.39, 0.29) is 19.1 Å². The predicted octanol–water partition coefficient (Wildman–Crippen LogP) is 14.1. The topological polar surface area (TPSA) is 105 Å². The first-order chi connectivity index (χ1) is 30.0. The van der Waals surface area contributed by atoms with E-state index < -0.39 is 20.0 Å². The second-order valence-electron chi connectivity index (χ2n) is 17.1. The Morgan fingerprint density at radius 2 is 0.968 bits per heavy atom. The molecule has 9 heteroatoms. The Balaban J connectivity index is 4.33. The number of hydrogen-bond donors (Lipinski definition) is 3. The Labute approximate surface area is 381 Å². The third-order valence-electron chi connectivity index (χ3n) is 10.00. The summed E-state index contributed by atoms with van der Waals surface area (Å²) in [5, 5.41) is 13.8. The molecule has 0 saturated heterocycles. The maximum Gasteiger partial charge on any atom is 0.472 e. The molecule has 3 unspecified atom stereocenters. The van der Waals surface area contributed by atoms with Gasteiger partial charge in [-0.15, -0.1) is 0 Å². The van der Waals surface area contributed by atoms with Gasteiger partial charge in [-0.2, -0.15) is 0 Å². The molecule has 0 spiro atoms. The smallest absolute Gasteiger partial charge is 0.387 e. The van der Waals surface area contributed by atoms with E-state index in [1.165, 1.54) is 44.9 Å². The molecule has 0 aromatic heterocycles. The van der Waals surface area contributed by atoms with Crippen LogP contribution in [0.2, 0.25) is 0 Å². The average Bonchev–Trinajstić information content (AvgIpc) is 3.23. The van der Waals surface area contributed by atoms with E-state index in [1.807, 2.05) is 27.2 Å². The quantitative estimate of drug-likeness (QED) is 0.0244. The number of likely N-dealkylation sites (N-methyl/N-ethyl adjacent to an activating group) is 1. The highest BCUT2D eigenvalue weighted by atomic mass is 31.2. The van der Waals surface area contributed by atoms with Crippen molar-refractivity contribution >= 4 is 13.7 Å². The van der Waals surface area contributed by atoms with Gasteiger partial charge in [0.05, 0.1) is 39.9 Å². The highest BCUT2D eigenvalue weighted by Crippen LogP contribution is 2.43. The van der Waals surface area contributed by atoms with Gasteiger partial charge in [-0.3, -0.25) is 13.8 Å². The van der Waals surface area contributed by atoms with Crippen LogP contribution in [0.15, 0.2) is 109 Å². The molecule has 0 heterocycles. The number of carbonyl (C=O) groups is 1. The molecule has 0 saturated carbocycles. The van der Waals surface area contributed by atoms with E-state index >= 15 is 0 Å². The van der Waals surface area contributed by atoms with Gasteiger partial charge in [0.25, 0.3) is 0 Å². The van der Waals surface area contributed by atoms with Gasteiger partial charge in [0, 0.05) is 6.42 Å². The van der Waals surface area contributed by atoms with Crippen molar-refractivity contribution in [2.24, 2.45) is 0 Å². The fourth-order valence-electron chi connectivity index (χ4n) is 6.17. The molecule has 0 aliphatic heterocycles. The normalized spacial score (nSPS) is 15.1. The number of nitrogens with one attached hydrogen (secondary N) is 1. The lowest BCUT2D eigenvalue weighted by molar-refractivity contribution is -0.870. The number of hydrogen-bond acceptors (Lipinski definition) is 5. The van der Waals surface area contributed by atoms with Gasteiger partial charge in [0.1, 0.15) is 13.2 Å². The highest BCUT2D eigenvalue weighted by Gasteiger charge is 2.27. The van der Waals surface area contributed by atoms with Crippen LogP contribution < -0.4 is 5.32 Å². The van der Waals surface area contributed by atoms with Crippen molar-refractivity contribution in [2.75, 3.05) is 40.9 Å². The third-order valence-corrected chi connectivity index (χ3v) is 11.0. The lowest BCUT2D eigenvalue weighted by Gasteiger charge is -2.25. The van der Waals surface area contributed by atoms with Crippen LogP contribution in [0.5, 0.6) is 0 Å². The average molecular weight is 884 g/mol. The molecule has 354 valence electrons. The summed E-state index contributed by atoms with van der Waals surface area (Å²) in [5.74, 6) is -0.209. The summed E-state index contributed by atoms with van der Waals surface area (Å²) < 4.78 is 23.5. The maximum absolute atomic E-state index is 12.9. The van der Waals surface area contributed by atoms with Gasteiger partial charge in [-0.1, -0.05) is 187 Å². The highest BCUT2D eigenvalue weighted by molar-refractivity contribution is 7.47. The van der Waals surface area contributed by atoms with E-state index in [0.717, 1.165) is 103 Å². The number of aliphatic hydroxyl groups excluding tert-OH is 1. The Morgan fingerprint density at radius 1 is 0.565 bits per heavy atom. The molecule has 0 fully saturated rings. The summed E-state index contributed by atoms with van der Waals surface area (Å²) >= 11 is 0. The van der Waals surface area contributed by atoms with E-state index in [1.54, 1.807) is 6.08 Å². The molecule has 3 N–H and O–H groups in total. The van der Waals surface area contributed by atoms with E-state index in [2.05, 4.69) is 116 Å². The van der Waals surface area contributed by atoms with Crippen LogP contribution in [0.25, 0.3) is 0 Å². The van der Waals surface area contributed by atoms with Crippen LogP contribution in [-0.2, 0) is 18.4 Å². The van der Waals surface area contributed by atoms with Crippen molar-refractivity contribution in [3.05, 3.63) is 109 Å². The Hall–Kier alpha value is -2.84. The molecule has 1 amide bonds. The largest absolute Gasteiger partial charge is 0.472 e. The third kappa shape index (κ3) is 45.2. The van der Waals surface area contributed by atoms with Crippen molar-refractivity contribution < 1.29 is 32.9 Å². The number of quaternary nitrogens is 1. The Kier molecular flexibility index (Phi) is 41.4. The van der Waals surface area contributed by atoms with Crippen molar-refractivity contribution in [1.82, 2.24) is 5.32 Å². The predicted molar refractivity (Wildman–Crippen MR) is 267 cm³/mol. The van der Waals surface area contributed by atoms with Crippen molar-refractivity contribution in [3.8, 4) is 0 Å². The molecule has 8 nitrogen and oxygen atoms in total. The molecule has 0 bridgehead atoms. The van der Waals surface area contributed by atoms with Gasteiger partial charge >= 0.3 is 7.82 Å². The van der Waals surface area contributed by atoms with Crippen LogP contribution in [0.3, 0.4) is 0 Å². The number of rotatable bonds is 42. The number of allylic oxidation sites excluding steroid dienone is 17. The summed E-state index contributed by atoms with van der Waals surface area (Å²) in [6.45, 7) is 4.63. The number of aliphatic hydroxyl groups is 1. The Morgan fingerprint density at radius 3 is 1.42 bits per heavy atom. The molecule has 3 atom stereocenters. The fraction of sp³-hybridized carbons (Fsp3) is 0.642. The van der Waals surface area contributed by atoms with Crippen LogP contribution >= 0.6 is 7.82 Å². The molecule has 0 aromatic carbocycles. The zero-order valence-corrected chi connectivity index (χ0v) is 41.0. The van der Waals surface area contributed by atoms with Crippen molar-refractivity contribution in [2.45, 2.75) is 180 Å². The first kappa shape index (κ1) is 59.2. The number of amides is 1. The molecule has 0 aliphatic rings. The van der Waals surface area contributed by atoms with Gasteiger partial charge in [0.2, 0.25) is 5.91 Å². The molecule has 0 rings (SSSR count). The standard InChI is InChI=1S/C53H91N2O6P/c1-6-8-10-12-14-16-18-19-20-21-22-23-24-25-26-27-28-29-30-31-32-33-34-35-37-39-41-43-45-47-53(57)54-51(50-61-62(58,59)60-49-48-55(3,4)5)52(56)46-44-42-40-38-36-17-15-13-11-9-7-2/h8,10,14,16,19-20,22-23,25-26,28-29,31-32,34-35,44,46,51-52,56H,6-7,9,11-13,15,17-18,21,24,27,30,33,36-43,45,47-50H2,1-5H3,(H-,54,57,58,59)/p+1/b10-8-,16-14-,20-19-,23-22-,26-25-,29-28-,32-31-,35-34-,46-44+. The summed E-state index contributed by atoms with van der Waals surface area (Å²) in [7, 11) is 1.53. The minimum atomic E-state index is -4.35. The zero-order valence-electron chi connectivity index (χ0n) is 40.1. The van der Waals surface area contributed by atoms with Crippen LogP contribution in [-0.4, -0.2) is 73.4 Å². The molecule has 0 aliphatic carbocycles. The summed E-state index contributed by atoms with van der Waals surface area (Å²) in [6.07, 6.45) is 63.1. The monoisotopic (exact) mass is 884 g/mol. The fourth-order valence-corrected chi connectivity index (χ4v) is 6.91. The van der Waals surface area contributed by atoms with E-state index in [9.17, 15) is 19.4 Å². The summed E-state index contributed by atoms with van der Waals surface area (Å²) in [6, 6.07) is -0.867. The molecule has 0 aromatic rings. The summed E-state index contributed by atoms with van der Waals surface area (Å²) in [5.41, 5.74) is 0. The number of carbonyl (C=O) groups excluding carboxylic acids is 1. The first-order valence-corrected chi connectivity index (χ1v) is 25.8. The minimum absolute atomic E-state index is 0.0497. The van der Waals surface area contributed by atoms with Crippen molar-refractivity contribution in [3.63, 3.8) is 0 Å². The van der Waals surface area contributed by atoms with Gasteiger partial charge < -0.3 is 19.8 Å². The molecule has 62 heavy (non-hydrogen) atoms.